The van der Waals surface area contributed by atoms with Gasteiger partial charge in [-0.15, -0.1) is 0 Å². The summed E-state index contributed by atoms with van der Waals surface area (Å²) in [5.74, 6) is 2.45. The van der Waals surface area contributed by atoms with E-state index in [0.29, 0.717) is 6.10 Å². The van der Waals surface area contributed by atoms with Crippen LogP contribution in [0.15, 0.2) is 0 Å². The Balaban J connectivity index is 1.79. The van der Waals surface area contributed by atoms with Gasteiger partial charge in [-0.1, -0.05) is 26.7 Å². The molecule has 0 bridgehead atoms. The predicted octanol–water partition coefficient (Wildman–Crippen LogP) is 3.22. The van der Waals surface area contributed by atoms with Gasteiger partial charge >= 0.3 is 0 Å². The smallest absolute Gasteiger partial charge is 0.0588 e. The maximum Gasteiger partial charge on any atom is 0.0588 e. The van der Waals surface area contributed by atoms with Crippen LogP contribution in [0.2, 0.25) is 0 Å². The lowest BCUT2D eigenvalue weighted by Crippen LogP contribution is -2.43. The van der Waals surface area contributed by atoms with E-state index in [1.807, 2.05) is 0 Å². The molecule has 1 saturated carbocycles. The summed E-state index contributed by atoms with van der Waals surface area (Å²) in [6.45, 7) is 9.11. The van der Waals surface area contributed by atoms with E-state index in [1.54, 1.807) is 0 Å². The van der Waals surface area contributed by atoms with E-state index in [0.717, 1.165) is 36.9 Å². The lowest BCUT2D eigenvalue weighted by molar-refractivity contribution is 0.102. The van der Waals surface area contributed by atoms with Gasteiger partial charge in [0.1, 0.15) is 0 Å². The van der Waals surface area contributed by atoms with E-state index in [9.17, 15) is 0 Å². The Labute approximate surface area is 107 Å². The van der Waals surface area contributed by atoms with E-state index in [2.05, 4.69) is 26.1 Å². The van der Waals surface area contributed by atoms with Crippen molar-refractivity contribution < 1.29 is 4.74 Å². The Morgan fingerprint density at radius 3 is 2.59 bits per heavy atom. The molecule has 0 spiro atoms. The zero-order valence-corrected chi connectivity index (χ0v) is 11.7. The molecule has 0 radical (unpaired) electrons. The lowest BCUT2D eigenvalue weighted by atomic mass is 9.77. The van der Waals surface area contributed by atoms with Gasteiger partial charge in [-0.25, -0.2) is 0 Å². The molecule has 2 aliphatic rings. The van der Waals surface area contributed by atoms with Crippen molar-refractivity contribution in [3.05, 3.63) is 0 Å². The number of rotatable bonds is 4. The van der Waals surface area contributed by atoms with Crippen molar-refractivity contribution in [1.29, 1.82) is 0 Å². The third-order valence-electron chi connectivity index (χ3n) is 4.85. The molecule has 100 valence electrons. The van der Waals surface area contributed by atoms with Crippen molar-refractivity contribution in [2.24, 2.45) is 17.8 Å². The largest absolute Gasteiger partial charge is 0.378 e. The Morgan fingerprint density at radius 1 is 1.18 bits per heavy atom. The van der Waals surface area contributed by atoms with Crippen molar-refractivity contribution in [1.82, 2.24) is 5.32 Å². The van der Waals surface area contributed by atoms with Gasteiger partial charge in [0.15, 0.2) is 0 Å². The van der Waals surface area contributed by atoms with Gasteiger partial charge in [0.25, 0.3) is 0 Å². The van der Waals surface area contributed by atoms with Gasteiger partial charge in [0.2, 0.25) is 0 Å². The normalized spacial score (nSPS) is 38.8. The molecule has 1 aliphatic heterocycles. The number of hydrogen-bond donors (Lipinski definition) is 1. The molecule has 2 nitrogen and oxygen atoms in total. The SMILES string of the molecule is CC(C)C1CCCCC1NCC1CCOC1C. The second-order valence-corrected chi connectivity index (χ2v) is 6.33. The van der Waals surface area contributed by atoms with E-state index < -0.39 is 0 Å². The minimum atomic E-state index is 0.462. The van der Waals surface area contributed by atoms with Crippen LogP contribution in [-0.2, 0) is 4.74 Å². The highest BCUT2D eigenvalue weighted by Crippen LogP contribution is 2.30. The van der Waals surface area contributed by atoms with Crippen molar-refractivity contribution in [2.75, 3.05) is 13.2 Å². The third kappa shape index (κ3) is 3.45. The first-order valence-electron chi connectivity index (χ1n) is 7.53. The minimum absolute atomic E-state index is 0.462. The van der Waals surface area contributed by atoms with Crippen LogP contribution in [0.3, 0.4) is 0 Å². The average molecular weight is 239 g/mol. The molecule has 2 rings (SSSR count). The molecule has 2 heteroatoms. The Morgan fingerprint density at radius 2 is 1.94 bits per heavy atom. The van der Waals surface area contributed by atoms with E-state index >= 15 is 0 Å². The fourth-order valence-electron chi connectivity index (χ4n) is 3.56. The lowest BCUT2D eigenvalue weighted by Gasteiger charge is -2.36. The average Bonchev–Trinajstić information content (AvgIpc) is 2.72. The fourth-order valence-corrected chi connectivity index (χ4v) is 3.56. The van der Waals surface area contributed by atoms with Crippen molar-refractivity contribution >= 4 is 0 Å². The number of ether oxygens (including phenoxy) is 1. The summed E-state index contributed by atoms with van der Waals surface area (Å²) in [4.78, 5) is 0. The first-order valence-corrected chi connectivity index (χ1v) is 7.53. The molecule has 4 unspecified atom stereocenters. The highest BCUT2D eigenvalue weighted by molar-refractivity contribution is 4.85. The second-order valence-electron chi connectivity index (χ2n) is 6.33. The third-order valence-corrected chi connectivity index (χ3v) is 4.85. The van der Waals surface area contributed by atoms with Crippen LogP contribution in [0, 0.1) is 17.8 Å². The molecule has 0 aromatic carbocycles. The maximum absolute atomic E-state index is 5.64. The van der Waals surface area contributed by atoms with E-state index in [1.165, 1.54) is 32.1 Å². The van der Waals surface area contributed by atoms with Gasteiger partial charge in [-0.05, 0) is 43.9 Å². The molecular weight excluding hydrogens is 210 g/mol. The van der Waals surface area contributed by atoms with Crippen LogP contribution in [0.4, 0.5) is 0 Å². The quantitative estimate of drug-likeness (QED) is 0.813. The molecule has 0 aromatic heterocycles. The first kappa shape index (κ1) is 13.4. The highest BCUT2D eigenvalue weighted by atomic mass is 16.5. The van der Waals surface area contributed by atoms with Gasteiger partial charge in [-0.3, -0.25) is 0 Å². The summed E-state index contributed by atoms with van der Waals surface area (Å²) in [5.41, 5.74) is 0. The van der Waals surface area contributed by atoms with E-state index in [-0.39, 0.29) is 0 Å². The van der Waals surface area contributed by atoms with Gasteiger partial charge in [0.05, 0.1) is 6.10 Å². The molecule has 1 saturated heterocycles. The number of nitrogens with one attached hydrogen (secondary N) is 1. The molecule has 1 aliphatic carbocycles. The first-order chi connectivity index (χ1) is 8.18. The van der Waals surface area contributed by atoms with Crippen LogP contribution < -0.4 is 5.32 Å². The Bertz CT molecular complexity index is 229. The van der Waals surface area contributed by atoms with E-state index in [4.69, 9.17) is 4.74 Å². The summed E-state index contributed by atoms with van der Waals surface area (Å²) < 4.78 is 5.64. The monoisotopic (exact) mass is 239 g/mol. The minimum Gasteiger partial charge on any atom is -0.378 e. The summed E-state index contributed by atoms with van der Waals surface area (Å²) in [6.07, 6.45) is 7.36. The zero-order chi connectivity index (χ0) is 12.3. The van der Waals surface area contributed by atoms with Crippen LogP contribution >= 0.6 is 0 Å². The molecule has 0 aromatic rings. The highest BCUT2D eigenvalue weighted by Gasteiger charge is 2.29. The van der Waals surface area contributed by atoms with Crippen LogP contribution in [0.1, 0.15) is 52.9 Å². The summed E-state index contributed by atoms with van der Waals surface area (Å²) in [5, 5.41) is 3.85. The standard InChI is InChI=1S/C15H29NO/c1-11(2)14-6-4-5-7-15(14)16-10-13-8-9-17-12(13)3/h11-16H,4-10H2,1-3H3. The molecule has 4 atom stereocenters. The fraction of sp³-hybridized carbons (Fsp3) is 1.00. The summed E-state index contributed by atoms with van der Waals surface area (Å²) in [7, 11) is 0. The van der Waals surface area contributed by atoms with Crippen molar-refractivity contribution in [3.8, 4) is 0 Å². The predicted molar refractivity (Wildman–Crippen MR) is 72.1 cm³/mol. The maximum atomic E-state index is 5.64. The molecular formula is C15H29NO. The summed E-state index contributed by atoms with van der Waals surface area (Å²) in [6, 6.07) is 0.761. The van der Waals surface area contributed by atoms with Gasteiger partial charge in [0, 0.05) is 19.2 Å². The zero-order valence-electron chi connectivity index (χ0n) is 11.7. The van der Waals surface area contributed by atoms with Gasteiger partial charge < -0.3 is 10.1 Å². The molecule has 17 heavy (non-hydrogen) atoms. The van der Waals surface area contributed by atoms with Crippen LogP contribution in [0.25, 0.3) is 0 Å². The Kier molecular flexibility index (Phi) is 4.87. The molecule has 2 fully saturated rings. The molecule has 1 N–H and O–H groups in total. The van der Waals surface area contributed by atoms with Crippen molar-refractivity contribution in [3.63, 3.8) is 0 Å². The second kappa shape index (κ2) is 6.19. The van der Waals surface area contributed by atoms with Crippen LogP contribution in [-0.4, -0.2) is 25.3 Å². The van der Waals surface area contributed by atoms with Crippen LogP contribution in [0.5, 0.6) is 0 Å². The Hall–Kier alpha value is -0.0800. The van der Waals surface area contributed by atoms with Crippen molar-refractivity contribution in [2.45, 2.75) is 65.0 Å². The van der Waals surface area contributed by atoms with Gasteiger partial charge in [-0.2, -0.15) is 0 Å². The number of hydrogen-bond acceptors (Lipinski definition) is 2. The molecule has 0 amide bonds. The molecule has 1 heterocycles. The topological polar surface area (TPSA) is 21.3 Å². The summed E-state index contributed by atoms with van der Waals surface area (Å²) >= 11 is 0.